The van der Waals surface area contributed by atoms with E-state index in [4.69, 9.17) is 4.78 Å². The van der Waals surface area contributed by atoms with Crippen LogP contribution >= 0.6 is 0 Å². The molecule has 0 aromatic heterocycles. The maximum atomic E-state index is 11.3. The Labute approximate surface area is 163 Å². The van der Waals surface area contributed by atoms with Gasteiger partial charge in [0.1, 0.15) is 5.78 Å². The molecule has 0 saturated carbocycles. The molecule has 0 aliphatic rings. The molecule has 0 aliphatic heterocycles. The number of rotatable bonds is 6. The van der Waals surface area contributed by atoms with Crippen LogP contribution in [0.5, 0.6) is 0 Å². The summed E-state index contributed by atoms with van der Waals surface area (Å²) in [5, 5.41) is -0.509. The zero-order valence-electron chi connectivity index (χ0n) is 18.9. The molecule has 0 unspecified atom stereocenters. The Morgan fingerprint density at radius 2 is 0.808 bits per heavy atom. The third-order valence-corrected chi connectivity index (χ3v) is 9.28. The summed E-state index contributed by atoms with van der Waals surface area (Å²) in [7, 11) is -5.13. The number of hydrogen-bond donors (Lipinski definition) is 1. The Morgan fingerprint density at radius 3 is 0.808 bits per heavy atom. The fraction of sp³-hybridized carbons (Fsp3) is 0.947. The monoisotopic (exact) mass is 413 g/mol. The lowest BCUT2D eigenvalue weighted by atomic mass is 9.99. The van der Waals surface area contributed by atoms with Crippen molar-refractivity contribution in [2.24, 2.45) is 11.8 Å². The van der Waals surface area contributed by atoms with Crippen LogP contribution in [0.3, 0.4) is 0 Å². The highest BCUT2D eigenvalue weighted by Gasteiger charge is 2.19. The van der Waals surface area contributed by atoms with Crippen molar-refractivity contribution < 1.29 is 17.4 Å². The predicted octanol–water partition coefficient (Wildman–Crippen LogP) is 4.94. The maximum absolute atomic E-state index is 11.3. The van der Waals surface area contributed by atoms with Gasteiger partial charge in [0.15, 0.2) is 9.84 Å². The van der Waals surface area contributed by atoms with Gasteiger partial charge in [0.2, 0.25) is 0 Å². The van der Waals surface area contributed by atoms with Crippen LogP contribution in [-0.4, -0.2) is 39.4 Å². The first-order valence-electron chi connectivity index (χ1n) is 9.36. The first-order chi connectivity index (χ1) is 11.3. The van der Waals surface area contributed by atoms with Gasteiger partial charge in [0.05, 0.1) is 10.5 Å². The minimum atomic E-state index is -2.81. The molecule has 0 aromatic carbocycles. The van der Waals surface area contributed by atoms with E-state index < -0.39 is 19.6 Å². The van der Waals surface area contributed by atoms with Crippen LogP contribution in [0.2, 0.25) is 0 Å². The lowest BCUT2D eigenvalue weighted by molar-refractivity contribution is -0.124. The van der Waals surface area contributed by atoms with Crippen molar-refractivity contribution in [3.63, 3.8) is 0 Å². The smallest absolute Gasteiger partial charge is 0.154 e. The fourth-order valence-corrected chi connectivity index (χ4v) is 3.93. The summed E-state index contributed by atoms with van der Waals surface area (Å²) in [5.74, 6) is 0.759. The molecular formula is C19H43NO4S2. The standard InChI is InChI=1S/C7H14O.C6H15NOS.C6H14O2S/c1-5(2)7(8)6(3)4;2*1-5(2)9(7,8)6(3)4/h5-6H,1-4H3;5-7H,1-4H3;5-6H,1-4H3. The van der Waals surface area contributed by atoms with E-state index in [9.17, 15) is 17.4 Å². The van der Waals surface area contributed by atoms with Gasteiger partial charge in [-0.2, -0.15) is 0 Å². The molecule has 0 saturated heterocycles. The predicted molar refractivity (Wildman–Crippen MR) is 115 cm³/mol. The first-order valence-corrected chi connectivity index (χ1v) is 12.7. The molecule has 0 aliphatic carbocycles. The van der Waals surface area contributed by atoms with E-state index in [0.29, 0.717) is 5.78 Å². The molecule has 0 atom stereocenters. The Hall–Kier alpha value is -0.430. The maximum Gasteiger partial charge on any atom is 0.154 e. The lowest BCUT2D eigenvalue weighted by Crippen LogP contribution is -2.23. The summed E-state index contributed by atoms with van der Waals surface area (Å²) in [4.78, 5) is 10.8. The molecule has 5 nitrogen and oxygen atoms in total. The average molecular weight is 414 g/mol. The molecule has 0 aromatic rings. The Bertz CT molecular complexity index is 505. The van der Waals surface area contributed by atoms with Gasteiger partial charge in [0.25, 0.3) is 0 Å². The minimum Gasteiger partial charge on any atom is -0.299 e. The molecule has 0 heterocycles. The Morgan fingerprint density at radius 1 is 0.577 bits per heavy atom. The molecule has 0 radical (unpaired) electrons. The number of carbonyl (C=O) groups excluding carboxylic acids is 1. The highest BCUT2D eigenvalue weighted by Crippen LogP contribution is 2.08. The Balaban J connectivity index is -0.000000306. The first kappa shape index (κ1) is 30.3. The van der Waals surface area contributed by atoms with E-state index in [-0.39, 0.29) is 32.8 Å². The van der Waals surface area contributed by atoms with E-state index in [1.807, 2.05) is 55.4 Å². The van der Waals surface area contributed by atoms with Gasteiger partial charge >= 0.3 is 0 Å². The fourth-order valence-electron chi connectivity index (χ4n) is 1.76. The van der Waals surface area contributed by atoms with Crippen molar-refractivity contribution in [2.75, 3.05) is 0 Å². The van der Waals surface area contributed by atoms with Gasteiger partial charge in [-0.3, -0.25) is 9.57 Å². The van der Waals surface area contributed by atoms with Crippen molar-refractivity contribution in [3.8, 4) is 0 Å². The number of hydrogen-bond acceptors (Lipinski definition) is 5. The number of Topliss-reactive ketones (excluding diaryl/α,β-unsaturated/α-hetero) is 1. The van der Waals surface area contributed by atoms with E-state index in [2.05, 4.69) is 0 Å². The van der Waals surface area contributed by atoms with E-state index in [1.54, 1.807) is 27.7 Å². The van der Waals surface area contributed by atoms with Gasteiger partial charge in [-0.25, -0.2) is 12.6 Å². The van der Waals surface area contributed by atoms with Crippen molar-refractivity contribution in [2.45, 2.75) is 104 Å². The molecule has 0 bridgehead atoms. The molecule has 1 N–H and O–H groups in total. The average Bonchev–Trinajstić information content (AvgIpc) is 2.46. The van der Waals surface area contributed by atoms with Gasteiger partial charge in [-0.05, 0) is 27.7 Å². The van der Waals surface area contributed by atoms with Crippen LogP contribution in [0, 0.1) is 16.6 Å². The topological polar surface area (TPSA) is 92.1 Å². The van der Waals surface area contributed by atoms with Crippen LogP contribution in [-0.2, 0) is 24.4 Å². The van der Waals surface area contributed by atoms with Gasteiger partial charge in [-0.15, -0.1) is 0 Å². The molecule has 26 heavy (non-hydrogen) atoms. The molecule has 0 rings (SSSR count). The molecule has 7 heteroatoms. The highest BCUT2D eigenvalue weighted by atomic mass is 32.2. The van der Waals surface area contributed by atoms with Gasteiger partial charge < -0.3 is 0 Å². The normalized spacial score (nSPS) is 12.4. The second-order valence-corrected chi connectivity index (χ2v) is 14.4. The Kier molecular flexibility index (Phi) is 15.0. The summed E-state index contributed by atoms with van der Waals surface area (Å²) >= 11 is 0. The van der Waals surface area contributed by atoms with Gasteiger partial charge in [0, 0.05) is 32.1 Å². The van der Waals surface area contributed by atoms with Crippen LogP contribution < -0.4 is 0 Å². The number of nitrogens with one attached hydrogen (secondary N) is 1. The molecule has 0 amide bonds. The second kappa shape index (κ2) is 12.9. The summed E-state index contributed by atoms with van der Waals surface area (Å²) in [6.45, 7) is 21.9. The van der Waals surface area contributed by atoms with Crippen molar-refractivity contribution >= 4 is 25.3 Å². The largest absolute Gasteiger partial charge is 0.299 e. The van der Waals surface area contributed by atoms with E-state index in [0.717, 1.165) is 0 Å². The molecular weight excluding hydrogens is 370 g/mol. The molecule has 0 spiro atoms. The van der Waals surface area contributed by atoms with Crippen molar-refractivity contribution in [1.29, 1.82) is 4.78 Å². The summed E-state index contributed by atoms with van der Waals surface area (Å²) in [6.07, 6.45) is 0. The zero-order valence-corrected chi connectivity index (χ0v) is 20.5. The number of ketones is 1. The van der Waals surface area contributed by atoms with Crippen molar-refractivity contribution in [1.82, 2.24) is 0 Å². The van der Waals surface area contributed by atoms with E-state index in [1.165, 1.54) is 0 Å². The molecule has 160 valence electrons. The summed E-state index contributed by atoms with van der Waals surface area (Å²) < 4.78 is 40.7. The van der Waals surface area contributed by atoms with E-state index >= 15 is 0 Å². The number of sulfone groups is 1. The minimum absolute atomic E-state index is 0.0162. The van der Waals surface area contributed by atoms with Crippen LogP contribution in [0.1, 0.15) is 83.1 Å². The zero-order chi connectivity index (χ0) is 22.0. The van der Waals surface area contributed by atoms with Crippen molar-refractivity contribution in [3.05, 3.63) is 0 Å². The van der Waals surface area contributed by atoms with Crippen LogP contribution in [0.4, 0.5) is 0 Å². The lowest BCUT2D eigenvalue weighted by Gasteiger charge is -2.13. The number of carbonyl (C=O) groups is 1. The quantitative estimate of drug-likeness (QED) is 0.668. The summed E-state index contributed by atoms with van der Waals surface area (Å²) in [5.41, 5.74) is 0. The second-order valence-electron chi connectivity index (χ2n) is 8.14. The SMILES string of the molecule is CC(C)C(=O)C(C)C.CC(C)S(=N)(=O)C(C)C.CC(C)S(=O)(=O)C(C)C. The third-order valence-electron chi connectivity index (χ3n) is 3.85. The van der Waals surface area contributed by atoms with Crippen LogP contribution in [0.15, 0.2) is 0 Å². The van der Waals surface area contributed by atoms with Gasteiger partial charge in [-0.1, -0.05) is 55.4 Å². The third kappa shape index (κ3) is 12.0. The highest BCUT2D eigenvalue weighted by molar-refractivity contribution is 7.93. The van der Waals surface area contributed by atoms with Crippen LogP contribution in [0.25, 0.3) is 0 Å². The summed E-state index contributed by atoms with van der Waals surface area (Å²) in [6, 6.07) is 0. The molecule has 0 fully saturated rings.